The number of hydrogen-bond donors (Lipinski definition) is 4. The number of carbonyl (C=O) groups excluding carboxylic acids is 2. The van der Waals surface area contributed by atoms with Crippen LogP contribution in [0, 0.1) is 0 Å². The van der Waals surface area contributed by atoms with Crippen LogP contribution in [0.5, 0.6) is 23.0 Å². The zero-order chi connectivity index (χ0) is 38.0. The average molecular weight is 732 g/mol. The zero-order valence-corrected chi connectivity index (χ0v) is 31.2. The second kappa shape index (κ2) is 22.0. The fraction of sp³-hybridized carbons (Fsp3) is 0.316. The molecule has 4 aromatic carbocycles. The van der Waals surface area contributed by atoms with E-state index in [1.807, 2.05) is 84.9 Å². The van der Waals surface area contributed by atoms with Gasteiger partial charge in [0.15, 0.2) is 0 Å². The summed E-state index contributed by atoms with van der Waals surface area (Å²) < 4.78 is 21.9. The molecule has 2 aliphatic heterocycles. The van der Waals surface area contributed by atoms with E-state index in [4.69, 9.17) is 24.5 Å². The number of nitrogens with one attached hydrogen (secondary N) is 1. The Hall–Kier alpha value is -4.20. The fourth-order valence-corrected chi connectivity index (χ4v) is 5.08. The summed E-state index contributed by atoms with van der Waals surface area (Å²) in [5, 5.41) is 21.5. The molecule has 276 valence electrons. The molecule has 0 saturated carbocycles. The second-order valence-electron chi connectivity index (χ2n) is 11.7. The summed E-state index contributed by atoms with van der Waals surface area (Å²) >= 11 is 4.64. The first-order valence-corrected chi connectivity index (χ1v) is 17.5. The van der Waals surface area contributed by atoms with Gasteiger partial charge in [0, 0.05) is 26.9 Å². The van der Waals surface area contributed by atoms with Gasteiger partial charge in [0.2, 0.25) is 11.1 Å². The monoisotopic (exact) mass is 731 g/mol. The lowest BCUT2D eigenvalue weighted by Gasteiger charge is -2.13. The molecule has 52 heavy (non-hydrogen) atoms. The van der Waals surface area contributed by atoms with Crippen molar-refractivity contribution in [3.05, 3.63) is 107 Å². The highest BCUT2D eigenvalue weighted by Gasteiger charge is 2.28. The van der Waals surface area contributed by atoms with E-state index in [1.165, 1.54) is 33.5 Å². The van der Waals surface area contributed by atoms with Crippen LogP contribution in [0.15, 0.2) is 84.9 Å². The number of ether oxygens (including phenoxy) is 2. The minimum atomic E-state index is -0.836. The number of hydrogen-bond acceptors (Lipinski definition) is 10. The Morgan fingerprint density at radius 2 is 1.12 bits per heavy atom. The van der Waals surface area contributed by atoms with Gasteiger partial charge in [-0.2, -0.15) is 0 Å². The summed E-state index contributed by atoms with van der Waals surface area (Å²) in [6.45, 7) is 14.7. The summed E-state index contributed by atoms with van der Waals surface area (Å²) in [6.07, 6.45) is 0. The van der Waals surface area contributed by atoms with Crippen molar-refractivity contribution in [3.8, 4) is 23.0 Å². The van der Waals surface area contributed by atoms with Crippen molar-refractivity contribution in [3.63, 3.8) is 0 Å². The van der Waals surface area contributed by atoms with Crippen molar-refractivity contribution >= 4 is 47.9 Å². The molecule has 2 heterocycles. The Kier molecular flexibility index (Phi) is 17.9. The maximum Gasteiger partial charge on any atom is 0.491 e. The molecular weight excluding hydrogens is 684 g/mol. The maximum absolute atomic E-state index is 10.9. The highest BCUT2D eigenvalue weighted by molar-refractivity contribution is 6.63. The van der Waals surface area contributed by atoms with Crippen LogP contribution in [0.4, 0.5) is 0 Å². The van der Waals surface area contributed by atoms with Crippen LogP contribution in [0.3, 0.4) is 0 Å². The number of benzene rings is 4. The third kappa shape index (κ3) is 14.1. The van der Waals surface area contributed by atoms with Crippen LogP contribution in [0.25, 0.3) is 0 Å². The predicted molar refractivity (Wildman–Crippen MR) is 206 cm³/mol. The van der Waals surface area contributed by atoms with Crippen LogP contribution in [-0.2, 0) is 45.2 Å². The second-order valence-corrected chi connectivity index (χ2v) is 12.3. The summed E-state index contributed by atoms with van der Waals surface area (Å²) in [4.78, 5) is 22.5. The normalized spacial score (nSPS) is 12.3. The average Bonchev–Trinajstić information content (AvgIpc) is 3.70. The highest BCUT2D eigenvalue weighted by Crippen LogP contribution is 2.25. The molecule has 11 nitrogen and oxygen atoms in total. The quantitative estimate of drug-likeness (QED) is 0.135. The molecule has 0 radical (unpaired) electrons. The highest BCUT2D eigenvalue weighted by atomic mass is 35.5. The zero-order valence-electron chi connectivity index (χ0n) is 30.4. The first-order chi connectivity index (χ1) is 25.0. The van der Waals surface area contributed by atoms with E-state index in [1.54, 1.807) is 0 Å². The lowest BCUT2D eigenvalue weighted by Crippen LogP contribution is -2.27. The van der Waals surface area contributed by atoms with Gasteiger partial charge >= 0.3 is 14.2 Å². The van der Waals surface area contributed by atoms with E-state index in [0.717, 1.165) is 44.7 Å². The van der Waals surface area contributed by atoms with Gasteiger partial charge in [0.1, 0.15) is 23.0 Å². The summed E-state index contributed by atoms with van der Waals surface area (Å²) in [5.74, 6) is 2.86. The van der Waals surface area contributed by atoms with Gasteiger partial charge in [-0.3, -0.25) is 9.59 Å². The number of amides is 1. The molecule has 0 aliphatic carbocycles. The van der Waals surface area contributed by atoms with Gasteiger partial charge in [-0.05, 0) is 113 Å². The van der Waals surface area contributed by atoms with E-state index in [-0.39, 0.29) is 11.1 Å². The fourth-order valence-electron chi connectivity index (χ4n) is 5.08. The van der Waals surface area contributed by atoms with Crippen LogP contribution in [0.1, 0.15) is 56.9 Å². The predicted octanol–water partition coefficient (Wildman–Crippen LogP) is 4.61. The maximum atomic E-state index is 10.9. The third-order valence-electron chi connectivity index (χ3n) is 7.99. The van der Waals surface area contributed by atoms with E-state index in [0.29, 0.717) is 37.8 Å². The van der Waals surface area contributed by atoms with Crippen molar-refractivity contribution < 1.29 is 38.4 Å². The van der Waals surface area contributed by atoms with Gasteiger partial charge in [-0.25, -0.2) is 0 Å². The topological polar surface area (TPSA) is 153 Å². The molecule has 5 N–H and O–H groups in total. The molecule has 0 bridgehead atoms. The minimum absolute atomic E-state index is 0.0529. The first kappa shape index (κ1) is 42.2. The first-order valence-electron chi connectivity index (χ1n) is 17.2. The Morgan fingerprint density at radius 1 is 0.731 bits per heavy atom. The summed E-state index contributed by atoms with van der Waals surface area (Å²) in [6, 6.07) is 26.2. The van der Waals surface area contributed by atoms with E-state index in [9.17, 15) is 19.6 Å². The van der Waals surface area contributed by atoms with Gasteiger partial charge in [-0.1, -0.05) is 57.2 Å². The lowest BCUT2D eigenvalue weighted by atomic mass is 9.80. The smallest absolute Gasteiger partial charge is 0.457 e. The van der Waals surface area contributed by atoms with Crippen molar-refractivity contribution in [2.45, 2.75) is 60.9 Å². The number of fused-ring (bicyclic) bond motifs is 2. The van der Waals surface area contributed by atoms with E-state index >= 15 is 0 Å². The number of carbonyl (C=O) groups is 2. The van der Waals surface area contributed by atoms with Crippen molar-refractivity contribution in [2.24, 2.45) is 5.73 Å². The van der Waals surface area contributed by atoms with Crippen LogP contribution in [-0.4, -0.2) is 60.0 Å². The standard InChI is InChI=1S/C16H16BNO4.C14H14BNO3.C6H15N.C2H3ClO/c1-11(19)18-9-12-2-4-14(5-3-12)22-15-6-7-16-13(8-15)10-21-17(16)20;16-8-10-1-3-12(4-2-10)19-13-5-6-14-11(7-13)9-18-15(14)17;1-4-7(5-2)6-3;1-2(3)4/h2-8,20H,9-10H2,1H3,(H,18,19);1-7,17H,8-9,16H2;4-6H2,1-3H3;1H3. The number of nitrogens with zero attached hydrogens (tertiary/aromatic N) is 1. The molecule has 0 saturated heterocycles. The molecule has 14 heteroatoms. The number of nitrogens with two attached hydrogens (primary N) is 1. The molecule has 6 rings (SSSR count). The van der Waals surface area contributed by atoms with Crippen LogP contribution >= 0.6 is 11.6 Å². The Morgan fingerprint density at radius 3 is 1.46 bits per heavy atom. The molecule has 0 fully saturated rings. The third-order valence-corrected chi connectivity index (χ3v) is 7.99. The Labute approximate surface area is 312 Å². The minimum Gasteiger partial charge on any atom is -0.457 e. The van der Waals surface area contributed by atoms with Gasteiger partial charge in [0.25, 0.3) is 0 Å². The van der Waals surface area contributed by atoms with Crippen molar-refractivity contribution in [1.82, 2.24) is 10.2 Å². The summed E-state index contributed by atoms with van der Waals surface area (Å²) in [7, 11) is -1.65. The van der Waals surface area contributed by atoms with Gasteiger partial charge in [-0.15, -0.1) is 0 Å². The van der Waals surface area contributed by atoms with Crippen LogP contribution < -0.4 is 31.4 Å². The Balaban J connectivity index is 0.000000220. The molecule has 0 atom stereocenters. The molecule has 1 amide bonds. The van der Waals surface area contributed by atoms with Crippen molar-refractivity contribution in [1.29, 1.82) is 0 Å². The van der Waals surface area contributed by atoms with Crippen molar-refractivity contribution in [2.75, 3.05) is 19.6 Å². The van der Waals surface area contributed by atoms with Gasteiger partial charge in [0.05, 0.1) is 13.2 Å². The van der Waals surface area contributed by atoms with E-state index < -0.39 is 14.2 Å². The molecule has 0 aromatic heterocycles. The summed E-state index contributed by atoms with van der Waals surface area (Å²) in [5.41, 5.74) is 11.1. The molecule has 0 unspecified atom stereocenters. The lowest BCUT2D eigenvalue weighted by molar-refractivity contribution is -0.119. The number of halogens is 1. The molecule has 4 aromatic rings. The Bertz CT molecular complexity index is 1700. The van der Waals surface area contributed by atoms with E-state index in [2.05, 4.69) is 42.6 Å². The van der Waals surface area contributed by atoms with Gasteiger partial charge < -0.3 is 44.8 Å². The van der Waals surface area contributed by atoms with Crippen LogP contribution in [0.2, 0.25) is 0 Å². The molecule has 2 aliphatic rings. The molecular formula is C38H48B2ClN3O8. The largest absolute Gasteiger partial charge is 0.491 e. The number of rotatable bonds is 10. The molecule has 0 spiro atoms. The SMILES string of the molecule is CC(=O)Cl.CC(=O)NCc1ccc(Oc2ccc3c(c2)COB3O)cc1.CCN(CC)CC.NCc1ccc(Oc2ccc3c(c2)COB3O)cc1.